The van der Waals surface area contributed by atoms with Crippen molar-refractivity contribution >= 4 is 16.9 Å². The second-order valence-electron chi connectivity index (χ2n) is 12.1. The molecule has 0 saturated heterocycles. The van der Waals surface area contributed by atoms with Crippen molar-refractivity contribution in [3.05, 3.63) is 89.5 Å². The highest BCUT2D eigenvalue weighted by Gasteiger charge is 2.30. The highest BCUT2D eigenvalue weighted by molar-refractivity contribution is 7.97. The van der Waals surface area contributed by atoms with Gasteiger partial charge < -0.3 is 9.90 Å². The lowest BCUT2D eigenvalue weighted by atomic mass is 9.87. The van der Waals surface area contributed by atoms with Gasteiger partial charge in [0.05, 0.1) is 10.9 Å². The van der Waals surface area contributed by atoms with E-state index in [1.165, 1.54) is 31.4 Å². The molecule has 0 aliphatic rings. The van der Waals surface area contributed by atoms with Crippen molar-refractivity contribution in [2.75, 3.05) is 0 Å². The maximum absolute atomic E-state index is 8.89. The Kier molecular flexibility index (Phi) is 9.05. The molecule has 3 heteroatoms. The number of carboxylic acid groups (broad SMARTS) is 1. The molecule has 188 valence electrons. The summed E-state index contributed by atoms with van der Waals surface area (Å²) < 4.78 is 0. The number of hydrogen-bond donors (Lipinski definition) is 0. The molecule has 2 nitrogen and oxygen atoms in total. The van der Waals surface area contributed by atoms with Crippen LogP contribution in [0.2, 0.25) is 0 Å². The summed E-state index contributed by atoms with van der Waals surface area (Å²) in [5, 5.41) is 8.89. The Labute approximate surface area is 216 Å². The molecule has 0 spiro atoms. The van der Waals surface area contributed by atoms with Gasteiger partial charge in [-0.05, 0) is 76.3 Å². The number of carbonyl (C=O) groups excluding carboxylic acids is 1. The first kappa shape index (κ1) is 28.7. The number of benzene rings is 3. The van der Waals surface area contributed by atoms with E-state index in [2.05, 4.69) is 135 Å². The Hall–Kier alpha value is -2.52. The lowest BCUT2D eigenvalue weighted by molar-refractivity contribution is -0.302. The molecule has 0 fully saturated rings. The average Bonchev–Trinajstić information content (AvgIpc) is 2.73. The first-order valence-corrected chi connectivity index (χ1v) is 13.5. The first-order chi connectivity index (χ1) is 16.0. The number of carboxylic acids is 1. The van der Waals surface area contributed by atoms with Crippen LogP contribution in [0, 0.1) is 0 Å². The standard InChI is InChI=1S/C30H39S.C2H4O2/c1-28(2,3)22-10-16-25(17-11-22)31(26-18-12-23(13-19-26)29(4,5)6)27-20-14-24(15-21-27)30(7,8)9;1-2(3)4/h10-21H,1-9H3;1H3,(H,3,4)/q+1;/p-1. The van der Waals surface area contributed by atoms with E-state index in [1.807, 2.05) is 0 Å². The largest absolute Gasteiger partial charge is 0.550 e. The van der Waals surface area contributed by atoms with Crippen molar-refractivity contribution in [3.63, 3.8) is 0 Å². The lowest BCUT2D eigenvalue weighted by Crippen LogP contribution is -2.16. The molecule has 0 radical (unpaired) electrons. The predicted molar refractivity (Wildman–Crippen MR) is 148 cm³/mol. The Balaban J connectivity index is 0.00000100. The van der Waals surface area contributed by atoms with Crippen molar-refractivity contribution in [1.82, 2.24) is 0 Å². The van der Waals surface area contributed by atoms with Crippen LogP contribution in [-0.2, 0) is 31.9 Å². The minimum Gasteiger partial charge on any atom is -0.550 e. The van der Waals surface area contributed by atoms with Crippen LogP contribution in [-0.4, -0.2) is 5.97 Å². The van der Waals surface area contributed by atoms with Crippen LogP contribution in [0.25, 0.3) is 0 Å². The Morgan fingerprint density at radius 3 is 0.829 bits per heavy atom. The summed E-state index contributed by atoms with van der Waals surface area (Å²) in [6.07, 6.45) is 0. The number of aliphatic carboxylic acids is 1. The molecule has 0 unspecified atom stereocenters. The molecule has 0 aliphatic heterocycles. The molecule has 0 heterocycles. The molecule has 3 aromatic carbocycles. The SMILES string of the molecule is CC(=O)[O-].CC(C)(C)c1ccc([S+](c2ccc(C(C)(C)C)cc2)c2ccc(C(C)(C)C)cc2)cc1. The van der Waals surface area contributed by atoms with E-state index in [0.717, 1.165) is 6.92 Å². The van der Waals surface area contributed by atoms with Crippen molar-refractivity contribution in [2.45, 2.75) is 100 Å². The number of rotatable bonds is 3. The summed E-state index contributed by atoms with van der Waals surface area (Å²) in [6.45, 7) is 21.5. The van der Waals surface area contributed by atoms with Gasteiger partial charge in [0.1, 0.15) is 0 Å². The van der Waals surface area contributed by atoms with Crippen LogP contribution in [0.3, 0.4) is 0 Å². The Bertz CT molecular complexity index is 949. The molecule has 0 N–H and O–H groups in total. The molecule has 3 aromatic rings. The zero-order valence-corrected chi connectivity index (χ0v) is 24.0. The summed E-state index contributed by atoms with van der Waals surface area (Å²) in [7, 11) is -0.120. The molecule has 0 aromatic heterocycles. The van der Waals surface area contributed by atoms with E-state index < -0.39 is 5.97 Å². The van der Waals surface area contributed by atoms with Gasteiger partial charge in [0.25, 0.3) is 0 Å². The predicted octanol–water partition coefficient (Wildman–Crippen LogP) is 7.43. The molecular weight excluding hydrogens is 448 g/mol. The van der Waals surface area contributed by atoms with Gasteiger partial charge in [-0.15, -0.1) is 0 Å². The molecule has 0 saturated carbocycles. The maximum Gasteiger partial charge on any atom is 0.166 e. The third kappa shape index (κ3) is 8.28. The summed E-state index contributed by atoms with van der Waals surface area (Å²) >= 11 is 0. The quantitative estimate of drug-likeness (QED) is 0.358. The molecule has 35 heavy (non-hydrogen) atoms. The van der Waals surface area contributed by atoms with Gasteiger partial charge in [0.15, 0.2) is 14.7 Å². The van der Waals surface area contributed by atoms with Crippen molar-refractivity contribution in [3.8, 4) is 0 Å². The average molecular weight is 491 g/mol. The fourth-order valence-electron chi connectivity index (χ4n) is 3.68. The van der Waals surface area contributed by atoms with Gasteiger partial charge in [-0.25, -0.2) is 0 Å². The highest BCUT2D eigenvalue weighted by atomic mass is 32.2. The third-order valence-electron chi connectivity index (χ3n) is 5.87. The van der Waals surface area contributed by atoms with E-state index in [0.29, 0.717) is 0 Å². The van der Waals surface area contributed by atoms with Gasteiger partial charge in [-0.1, -0.05) is 98.7 Å². The minimum atomic E-state index is -1.08. The summed E-state index contributed by atoms with van der Waals surface area (Å²) in [6, 6.07) is 27.8. The lowest BCUT2D eigenvalue weighted by Gasteiger charge is -2.21. The van der Waals surface area contributed by atoms with Gasteiger partial charge >= 0.3 is 0 Å². The molecule has 0 atom stereocenters. The molecule has 0 aliphatic carbocycles. The van der Waals surface area contributed by atoms with Crippen LogP contribution in [0.5, 0.6) is 0 Å². The summed E-state index contributed by atoms with van der Waals surface area (Å²) in [5.41, 5.74) is 4.64. The monoisotopic (exact) mass is 490 g/mol. The smallest absolute Gasteiger partial charge is 0.166 e. The maximum atomic E-state index is 8.89. The fourth-order valence-corrected chi connectivity index (χ4v) is 5.72. The van der Waals surface area contributed by atoms with Crippen LogP contribution >= 0.6 is 0 Å². The zero-order chi connectivity index (χ0) is 26.6. The minimum absolute atomic E-state index is 0.120. The van der Waals surface area contributed by atoms with Crippen LogP contribution in [0.1, 0.15) is 85.9 Å². The van der Waals surface area contributed by atoms with E-state index in [4.69, 9.17) is 9.90 Å². The van der Waals surface area contributed by atoms with Gasteiger partial charge in [-0.3, -0.25) is 0 Å². The van der Waals surface area contributed by atoms with Gasteiger partial charge in [-0.2, -0.15) is 0 Å². The Morgan fingerprint density at radius 2 is 0.686 bits per heavy atom. The molecular formula is C32H42O2S. The number of hydrogen-bond acceptors (Lipinski definition) is 2. The zero-order valence-electron chi connectivity index (χ0n) is 23.2. The fraction of sp³-hybridized carbons (Fsp3) is 0.406. The number of carbonyl (C=O) groups is 1. The highest BCUT2D eigenvalue weighted by Crippen LogP contribution is 2.35. The van der Waals surface area contributed by atoms with Gasteiger partial charge in [0, 0.05) is 5.97 Å². The molecule has 0 amide bonds. The van der Waals surface area contributed by atoms with Crippen LogP contribution in [0.4, 0.5) is 0 Å². The van der Waals surface area contributed by atoms with E-state index >= 15 is 0 Å². The summed E-state index contributed by atoms with van der Waals surface area (Å²) in [5.74, 6) is -1.08. The topological polar surface area (TPSA) is 40.1 Å². The van der Waals surface area contributed by atoms with Crippen molar-refractivity contribution in [1.29, 1.82) is 0 Å². The normalized spacial score (nSPS) is 12.2. The second kappa shape index (κ2) is 11.0. The second-order valence-corrected chi connectivity index (χ2v) is 14.1. The van der Waals surface area contributed by atoms with Crippen molar-refractivity contribution in [2.24, 2.45) is 0 Å². The van der Waals surface area contributed by atoms with E-state index in [1.54, 1.807) is 0 Å². The first-order valence-electron chi connectivity index (χ1n) is 12.2. The summed E-state index contributed by atoms with van der Waals surface area (Å²) in [4.78, 5) is 13.0. The van der Waals surface area contributed by atoms with Crippen LogP contribution in [0.15, 0.2) is 87.5 Å². The van der Waals surface area contributed by atoms with Crippen molar-refractivity contribution < 1.29 is 9.90 Å². The van der Waals surface area contributed by atoms with E-state index in [9.17, 15) is 0 Å². The third-order valence-corrected chi connectivity index (χ3v) is 8.10. The molecule has 0 bridgehead atoms. The molecule has 3 rings (SSSR count). The Morgan fingerprint density at radius 1 is 0.514 bits per heavy atom. The van der Waals surface area contributed by atoms with Crippen LogP contribution < -0.4 is 5.11 Å². The van der Waals surface area contributed by atoms with Gasteiger partial charge in [0.2, 0.25) is 0 Å². The van der Waals surface area contributed by atoms with E-state index in [-0.39, 0.29) is 27.1 Å².